The van der Waals surface area contributed by atoms with Crippen LogP contribution in [-0.4, -0.2) is 31.7 Å². The van der Waals surface area contributed by atoms with E-state index >= 15 is 0 Å². The van der Waals surface area contributed by atoms with Crippen molar-refractivity contribution in [1.82, 2.24) is 9.62 Å². The zero-order valence-electron chi connectivity index (χ0n) is 19.3. The average Bonchev–Trinajstić information content (AvgIpc) is 3.37. The van der Waals surface area contributed by atoms with E-state index in [0.29, 0.717) is 50.6 Å². The van der Waals surface area contributed by atoms with Gasteiger partial charge in [0.1, 0.15) is 12.4 Å². The maximum atomic E-state index is 12.9. The van der Waals surface area contributed by atoms with Crippen molar-refractivity contribution in [3.63, 3.8) is 0 Å². The zero-order valence-corrected chi connectivity index (χ0v) is 20.1. The Balaban J connectivity index is 1.24. The second kappa shape index (κ2) is 11.0. The number of piperidine rings is 1. The van der Waals surface area contributed by atoms with Gasteiger partial charge in [-0.15, -0.1) is 0 Å². The molecule has 0 atom stereocenters. The molecule has 2 heterocycles. The molecule has 2 aromatic carbocycles. The highest BCUT2D eigenvalue weighted by Gasteiger charge is 2.31. The Labute approximate surface area is 200 Å². The molecule has 1 aliphatic heterocycles. The molecule has 7 nitrogen and oxygen atoms in total. The molecule has 1 aromatic heterocycles. The molecule has 3 aromatic rings. The summed E-state index contributed by atoms with van der Waals surface area (Å²) >= 11 is 0. The van der Waals surface area contributed by atoms with Gasteiger partial charge in [0.2, 0.25) is 15.9 Å². The maximum absolute atomic E-state index is 12.9. The number of amides is 1. The second-order valence-electron chi connectivity index (χ2n) is 8.60. The molecule has 0 unspecified atom stereocenters. The minimum atomic E-state index is -3.53. The minimum Gasteiger partial charge on any atom is -0.467 e. The van der Waals surface area contributed by atoms with Crippen molar-refractivity contribution in [2.45, 2.75) is 44.4 Å². The Morgan fingerprint density at radius 1 is 1.03 bits per heavy atom. The average molecular weight is 483 g/mol. The standard InChI is InChI=1S/C26H30N2O5S/c1-20-7-9-25(10-8-20)34(30,31)28-13-11-23(12-14-28)26(29)27-17-21-4-2-5-22(16-21)18-32-19-24-6-3-15-33-24/h2-10,15-16,23H,11-14,17-19H2,1H3,(H,27,29). The smallest absolute Gasteiger partial charge is 0.243 e. The van der Waals surface area contributed by atoms with Crippen LogP contribution in [0.1, 0.15) is 35.3 Å². The fourth-order valence-electron chi connectivity index (χ4n) is 4.04. The summed E-state index contributed by atoms with van der Waals surface area (Å²) < 4.78 is 38.2. The van der Waals surface area contributed by atoms with Gasteiger partial charge >= 0.3 is 0 Å². The van der Waals surface area contributed by atoms with Gasteiger partial charge in [0.15, 0.2) is 0 Å². The fourth-order valence-corrected chi connectivity index (χ4v) is 5.51. The molecule has 1 amide bonds. The molecule has 1 aliphatic rings. The largest absolute Gasteiger partial charge is 0.467 e. The Morgan fingerprint density at radius 3 is 2.47 bits per heavy atom. The molecule has 1 N–H and O–H groups in total. The summed E-state index contributed by atoms with van der Waals surface area (Å²) in [4.78, 5) is 13.0. The van der Waals surface area contributed by atoms with Crippen LogP contribution >= 0.6 is 0 Å². The van der Waals surface area contributed by atoms with E-state index in [-0.39, 0.29) is 11.8 Å². The van der Waals surface area contributed by atoms with Crippen molar-refractivity contribution in [3.05, 3.63) is 89.4 Å². The highest BCUT2D eigenvalue weighted by Crippen LogP contribution is 2.24. The first-order valence-corrected chi connectivity index (χ1v) is 12.9. The summed E-state index contributed by atoms with van der Waals surface area (Å²) in [5, 5.41) is 3.00. The van der Waals surface area contributed by atoms with Gasteiger partial charge in [-0.25, -0.2) is 8.42 Å². The lowest BCUT2D eigenvalue weighted by molar-refractivity contribution is -0.126. The van der Waals surface area contributed by atoms with Crippen molar-refractivity contribution in [2.75, 3.05) is 13.1 Å². The number of rotatable bonds is 9. The van der Waals surface area contributed by atoms with E-state index in [1.807, 2.05) is 43.3 Å². The number of furan rings is 1. The SMILES string of the molecule is Cc1ccc(S(=O)(=O)N2CCC(C(=O)NCc3cccc(COCc4ccco4)c3)CC2)cc1. The first-order chi connectivity index (χ1) is 16.4. The number of ether oxygens (including phenoxy) is 1. The highest BCUT2D eigenvalue weighted by molar-refractivity contribution is 7.89. The number of aryl methyl sites for hydroxylation is 1. The first kappa shape index (κ1) is 24.2. The lowest BCUT2D eigenvalue weighted by atomic mass is 9.97. The third-order valence-electron chi connectivity index (χ3n) is 6.03. The summed E-state index contributed by atoms with van der Waals surface area (Å²) in [5.41, 5.74) is 3.03. The van der Waals surface area contributed by atoms with Gasteiger partial charge in [0.25, 0.3) is 0 Å². The van der Waals surface area contributed by atoms with Crippen molar-refractivity contribution < 1.29 is 22.4 Å². The molecular formula is C26H30N2O5S. The van der Waals surface area contributed by atoms with Crippen LogP contribution in [0.4, 0.5) is 0 Å². The number of nitrogens with one attached hydrogen (secondary N) is 1. The molecule has 0 aliphatic carbocycles. The van der Waals surface area contributed by atoms with E-state index in [4.69, 9.17) is 9.15 Å². The number of hydrogen-bond acceptors (Lipinski definition) is 5. The predicted molar refractivity (Wildman–Crippen MR) is 128 cm³/mol. The zero-order chi connectivity index (χ0) is 24.0. The maximum Gasteiger partial charge on any atom is 0.243 e. The molecule has 0 saturated carbocycles. The summed E-state index contributed by atoms with van der Waals surface area (Å²) in [6.07, 6.45) is 2.64. The lowest BCUT2D eigenvalue weighted by Gasteiger charge is -2.30. The summed E-state index contributed by atoms with van der Waals surface area (Å²) in [5.74, 6) is 0.553. The number of sulfonamides is 1. The van der Waals surface area contributed by atoms with Crippen LogP contribution in [0.5, 0.6) is 0 Å². The summed E-state index contributed by atoms with van der Waals surface area (Å²) in [6, 6.07) is 18.5. The number of carbonyl (C=O) groups is 1. The van der Waals surface area contributed by atoms with Crippen molar-refractivity contribution in [1.29, 1.82) is 0 Å². The van der Waals surface area contributed by atoms with Gasteiger partial charge in [-0.1, -0.05) is 42.0 Å². The Kier molecular flexibility index (Phi) is 7.82. The van der Waals surface area contributed by atoms with Crippen LogP contribution in [0.2, 0.25) is 0 Å². The number of benzene rings is 2. The quantitative estimate of drug-likeness (QED) is 0.498. The molecule has 8 heteroatoms. The van der Waals surface area contributed by atoms with E-state index in [0.717, 1.165) is 22.5 Å². The Hall–Kier alpha value is -2.94. The van der Waals surface area contributed by atoms with Crippen LogP contribution < -0.4 is 5.32 Å². The van der Waals surface area contributed by atoms with Gasteiger partial charge < -0.3 is 14.5 Å². The van der Waals surface area contributed by atoms with E-state index in [1.165, 1.54) is 4.31 Å². The molecule has 34 heavy (non-hydrogen) atoms. The summed E-state index contributed by atoms with van der Waals surface area (Å²) in [7, 11) is -3.53. The minimum absolute atomic E-state index is 0.0353. The molecule has 0 spiro atoms. The van der Waals surface area contributed by atoms with Crippen LogP contribution in [0.25, 0.3) is 0 Å². The van der Waals surface area contributed by atoms with Gasteiger partial charge in [0.05, 0.1) is 17.8 Å². The molecule has 0 radical (unpaired) electrons. The van der Waals surface area contributed by atoms with E-state index in [1.54, 1.807) is 30.5 Å². The van der Waals surface area contributed by atoms with E-state index < -0.39 is 10.0 Å². The Morgan fingerprint density at radius 2 is 1.76 bits per heavy atom. The normalized spacial score (nSPS) is 15.3. The molecule has 4 rings (SSSR count). The van der Waals surface area contributed by atoms with Gasteiger partial charge in [-0.3, -0.25) is 4.79 Å². The third kappa shape index (κ3) is 6.14. The number of carbonyl (C=O) groups excluding carboxylic acids is 1. The third-order valence-corrected chi connectivity index (χ3v) is 7.95. The van der Waals surface area contributed by atoms with Crippen LogP contribution in [0.15, 0.2) is 76.2 Å². The van der Waals surface area contributed by atoms with Crippen molar-refractivity contribution in [2.24, 2.45) is 5.92 Å². The summed E-state index contributed by atoms with van der Waals surface area (Å²) in [6.45, 7) is 3.90. The first-order valence-electron chi connectivity index (χ1n) is 11.4. The lowest BCUT2D eigenvalue weighted by Crippen LogP contribution is -2.42. The van der Waals surface area contributed by atoms with Gasteiger partial charge in [-0.05, 0) is 55.2 Å². The highest BCUT2D eigenvalue weighted by atomic mass is 32.2. The molecule has 1 fully saturated rings. The topological polar surface area (TPSA) is 88.9 Å². The van der Waals surface area contributed by atoms with Crippen molar-refractivity contribution >= 4 is 15.9 Å². The predicted octanol–water partition coefficient (Wildman–Crippen LogP) is 4.02. The fraction of sp³-hybridized carbons (Fsp3) is 0.346. The monoisotopic (exact) mass is 482 g/mol. The Bertz CT molecular complexity index is 1180. The molecular weight excluding hydrogens is 452 g/mol. The van der Waals surface area contributed by atoms with E-state index in [2.05, 4.69) is 5.32 Å². The van der Waals surface area contributed by atoms with Gasteiger partial charge in [0, 0.05) is 25.6 Å². The van der Waals surface area contributed by atoms with Gasteiger partial charge in [-0.2, -0.15) is 4.31 Å². The molecule has 0 bridgehead atoms. The molecule has 1 saturated heterocycles. The van der Waals surface area contributed by atoms with Crippen molar-refractivity contribution in [3.8, 4) is 0 Å². The van der Waals surface area contributed by atoms with Crippen LogP contribution in [0.3, 0.4) is 0 Å². The molecule has 180 valence electrons. The second-order valence-corrected chi connectivity index (χ2v) is 10.5. The van der Waals surface area contributed by atoms with E-state index in [9.17, 15) is 13.2 Å². The number of hydrogen-bond donors (Lipinski definition) is 1. The number of nitrogens with zero attached hydrogens (tertiary/aromatic N) is 1. The van der Waals surface area contributed by atoms with Crippen LogP contribution in [-0.2, 0) is 39.3 Å². The van der Waals surface area contributed by atoms with Crippen LogP contribution in [0, 0.1) is 12.8 Å².